The van der Waals surface area contributed by atoms with Crippen LogP contribution in [0.4, 0.5) is 0 Å². The molecule has 1 aromatic carbocycles. The van der Waals surface area contributed by atoms with Crippen LogP contribution in [0.1, 0.15) is 24.8 Å². The lowest BCUT2D eigenvalue weighted by Gasteiger charge is -2.41. The third kappa shape index (κ3) is 2.99. The Balaban J connectivity index is 1.91. The number of rotatable bonds is 4. The summed E-state index contributed by atoms with van der Waals surface area (Å²) in [6, 6.07) is 7.23. The Morgan fingerprint density at radius 3 is 2.47 bits per heavy atom. The molecule has 3 nitrogen and oxygen atoms in total. The zero-order valence-electron chi connectivity index (χ0n) is 9.58. The Labute approximate surface area is 106 Å². The molecule has 1 amide bonds. The molecule has 0 aliphatic heterocycles. The van der Waals surface area contributed by atoms with Crippen LogP contribution in [0, 0.1) is 0 Å². The van der Waals surface area contributed by atoms with Crippen molar-refractivity contribution in [2.75, 3.05) is 6.61 Å². The highest BCUT2D eigenvalue weighted by Gasteiger charge is 2.37. The fourth-order valence-electron chi connectivity index (χ4n) is 2.05. The maximum absolute atomic E-state index is 11.8. The second-order valence-electron chi connectivity index (χ2n) is 4.64. The first kappa shape index (κ1) is 12.4. The third-order valence-corrected chi connectivity index (χ3v) is 3.55. The van der Waals surface area contributed by atoms with Gasteiger partial charge in [-0.05, 0) is 37.0 Å². The highest BCUT2D eigenvalue weighted by Crippen LogP contribution is 2.31. The van der Waals surface area contributed by atoms with Crippen molar-refractivity contribution in [2.24, 2.45) is 0 Å². The van der Waals surface area contributed by atoms with Crippen LogP contribution in [0.15, 0.2) is 24.3 Å². The van der Waals surface area contributed by atoms with Crippen molar-refractivity contribution in [3.05, 3.63) is 34.9 Å². The van der Waals surface area contributed by atoms with Gasteiger partial charge in [0, 0.05) is 5.02 Å². The number of nitrogens with one attached hydrogen (secondary N) is 1. The van der Waals surface area contributed by atoms with Crippen molar-refractivity contribution >= 4 is 17.5 Å². The van der Waals surface area contributed by atoms with E-state index in [2.05, 4.69) is 5.32 Å². The number of hydrogen-bond acceptors (Lipinski definition) is 2. The number of aliphatic hydroxyl groups is 1. The van der Waals surface area contributed by atoms with Crippen LogP contribution in [0.3, 0.4) is 0 Å². The van der Waals surface area contributed by atoms with Gasteiger partial charge in [0.1, 0.15) is 0 Å². The second kappa shape index (κ2) is 5.07. The van der Waals surface area contributed by atoms with E-state index in [9.17, 15) is 9.90 Å². The summed E-state index contributed by atoms with van der Waals surface area (Å²) in [5.41, 5.74) is 0.572. The van der Waals surface area contributed by atoms with Gasteiger partial charge in [-0.3, -0.25) is 4.79 Å². The number of carbonyl (C=O) groups excluding carboxylic acids is 1. The van der Waals surface area contributed by atoms with Crippen LogP contribution >= 0.6 is 11.6 Å². The maximum Gasteiger partial charge on any atom is 0.224 e. The molecule has 0 saturated heterocycles. The molecule has 1 aromatic rings. The van der Waals surface area contributed by atoms with Crippen molar-refractivity contribution in [3.8, 4) is 0 Å². The molecule has 1 aliphatic rings. The highest BCUT2D eigenvalue weighted by molar-refractivity contribution is 6.30. The molecular weight excluding hydrogens is 238 g/mol. The van der Waals surface area contributed by atoms with Gasteiger partial charge < -0.3 is 10.4 Å². The number of carbonyl (C=O) groups is 1. The molecule has 0 atom stereocenters. The zero-order valence-corrected chi connectivity index (χ0v) is 10.3. The summed E-state index contributed by atoms with van der Waals surface area (Å²) in [7, 11) is 0. The summed E-state index contributed by atoms with van der Waals surface area (Å²) < 4.78 is 0. The van der Waals surface area contributed by atoms with Gasteiger partial charge in [0.2, 0.25) is 5.91 Å². The average Bonchev–Trinajstić information content (AvgIpc) is 2.27. The van der Waals surface area contributed by atoms with Gasteiger partial charge in [0.05, 0.1) is 18.6 Å². The lowest BCUT2D eigenvalue weighted by atomic mass is 9.77. The molecule has 0 bridgehead atoms. The van der Waals surface area contributed by atoms with E-state index in [1.54, 1.807) is 12.1 Å². The van der Waals surface area contributed by atoms with E-state index in [0.29, 0.717) is 11.4 Å². The van der Waals surface area contributed by atoms with Gasteiger partial charge >= 0.3 is 0 Å². The standard InChI is InChI=1S/C13H16ClNO2/c14-11-4-2-10(3-5-11)8-12(17)15-13(9-16)6-1-7-13/h2-5,16H,1,6-9H2,(H,15,17). The van der Waals surface area contributed by atoms with E-state index < -0.39 is 0 Å². The molecule has 0 unspecified atom stereocenters. The molecule has 0 radical (unpaired) electrons. The SMILES string of the molecule is O=C(Cc1ccc(Cl)cc1)NC1(CO)CCC1. The molecule has 0 heterocycles. The lowest BCUT2D eigenvalue weighted by Crippen LogP contribution is -2.56. The molecule has 1 fully saturated rings. The summed E-state index contributed by atoms with van der Waals surface area (Å²) in [6.07, 6.45) is 3.15. The van der Waals surface area contributed by atoms with Crippen LogP contribution < -0.4 is 5.32 Å². The maximum atomic E-state index is 11.8. The van der Waals surface area contributed by atoms with Crippen molar-refractivity contribution in [1.82, 2.24) is 5.32 Å². The second-order valence-corrected chi connectivity index (χ2v) is 5.08. The summed E-state index contributed by atoms with van der Waals surface area (Å²) in [5, 5.41) is 12.8. The topological polar surface area (TPSA) is 49.3 Å². The molecular formula is C13H16ClNO2. The molecule has 2 rings (SSSR count). The van der Waals surface area contributed by atoms with Gasteiger partial charge in [-0.1, -0.05) is 23.7 Å². The first-order valence-electron chi connectivity index (χ1n) is 5.80. The lowest BCUT2D eigenvalue weighted by molar-refractivity contribution is -0.124. The first-order valence-corrected chi connectivity index (χ1v) is 6.18. The van der Waals surface area contributed by atoms with Crippen LogP contribution in [0.2, 0.25) is 5.02 Å². The quantitative estimate of drug-likeness (QED) is 0.861. The summed E-state index contributed by atoms with van der Waals surface area (Å²) in [6.45, 7) is 0.0271. The number of amides is 1. The van der Waals surface area contributed by atoms with E-state index in [1.807, 2.05) is 12.1 Å². The van der Waals surface area contributed by atoms with Crippen LogP contribution in [-0.4, -0.2) is 23.2 Å². The van der Waals surface area contributed by atoms with Gasteiger partial charge in [0.25, 0.3) is 0 Å². The molecule has 0 spiro atoms. The Hall–Kier alpha value is -1.06. The Kier molecular flexibility index (Phi) is 3.69. The van der Waals surface area contributed by atoms with Crippen molar-refractivity contribution < 1.29 is 9.90 Å². The summed E-state index contributed by atoms with van der Waals surface area (Å²) in [4.78, 5) is 11.8. The average molecular weight is 254 g/mol. The first-order chi connectivity index (χ1) is 8.13. The smallest absolute Gasteiger partial charge is 0.224 e. The molecule has 92 valence electrons. The minimum Gasteiger partial charge on any atom is -0.394 e. The zero-order chi connectivity index (χ0) is 12.3. The normalized spacial score (nSPS) is 17.3. The Bertz CT molecular complexity index is 393. The van der Waals surface area contributed by atoms with Crippen LogP contribution in [-0.2, 0) is 11.2 Å². The largest absolute Gasteiger partial charge is 0.394 e. The van der Waals surface area contributed by atoms with Crippen molar-refractivity contribution in [1.29, 1.82) is 0 Å². The van der Waals surface area contributed by atoms with E-state index >= 15 is 0 Å². The van der Waals surface area contributed by atoms with Crippen molar-refractivity contribution in [2.45, 2.75) is 31.2 Å². The van der Waals surface area contributed by atoms with E-state index in [4.69, 9.17) is 11.6 Å². The fourth-order valence-corrected chi connectivity index (χ4v) is 2.18. The third-order valence-electron chi connectivity index (χ3n) is 3.30. The monoisotopic (exact) mass is 253 g/mol. The van der Waals surface area contributed by atoms with E-state index in [-0.39, 0.29) is 18.1 Å². The molecule has 4 heteroatoms. The summed E-state index contributed by atoms with van der Waals surface area (Å²) >= 11 is 5.78. The Morgan fingerprint density at radius 2 is 2.00 bits per heavy atom. The molecule has 17 heavy (non-hydrogen) atoms. The van der Waals surface area contributed by atoms with E-state index in [1.165, 1.54) is 0 Å². The Morgan fingerprint density at radius 1 is 1.35 bits per heavy atom. The molecule has 1 saturated carbocycles. The van der Waals surface area contributed by atoms with Gasteiger partial charge in [0.15, 0.2) is 0 Å². The van der Waals surface area contributed by atoms with Gasteiger partial charge in [-0.25, -0.2) is 0 Å². The predicted octanol–water partition coefficient (Wildman–Crippen LogP) is 1.91. The fraction of sp³-hybridized carbons (Fsp3) is 0.462. The van der Waals surface area contributed by atoms with Crippen LogP contribution in [0.25, 0.3) is 0 Å². The van der Waals surface area contributed by atoms with Crippen molar-refractivity contribution in [3.63, 3.8) is 0 Å². The molecule has 2 N–H and O–H groups in total. The number of hydrogen-bond donors (Lipinski definition) is 2. The van der Waals surface area contributed by atoms with Crippen LogP contribution in [0.5, 0.6) is 0 Å². The molecule has 0 aromatic heterocycles. The molecule has 1 aliphatic carbocycles. The number of aliphatic hydroxyl groups excluding tert-OH is 1. The van der Waals surface area contributed by atoms with Gasteiger partial charge in [-0.2, -0.15) is 0 Å². The number of benzene rings is 1. The minimum atomic E-state index is -0.358. The minimum absolute atomic E-state index is 0.0271. The highest BCUT2D eigenvalue weighted by atomic mass is 35.5. The predicted molar refractivity (Wildman–Crippen MR) is 67.0 cm³/mol. The summed E-state index contributed by atoms with van der Waals surface area (Å²) in [5.74, 6) is -0.0407. The van der Waals surface area contributed by atoms with E-state index in [0.717, 1.165) is 24.8 Å². The van der Waals surface area contributed by atoms with Gasteiger partial charge in [-0.15, -0.1) is 0 Å². The number of halogens is 1.